The molecule has 98 valence electrons. The van der Waals surface area contributed by atoms with Gasteiger partial charge in [-0.1, -0.05) is 20.8 Å². The molecule has 17 heavy (non-hydrogen) atoms. The van der Waals surface area contributed by atoms with Crippen molar-refractivity contribution in [1.82, 2.24) is 10.6 Å². The third-order valence-corrected chi connectivity index (χ3v) is 3.80. The predicted molar refractivity (Wildman–Crippen MR) is 77.7 cm³/mol. The molecule has 0 fully saturated rings. The number of nitrogens with one attached hydrogen (secondary N) is 2. The van der Waals surface area contributed by atoms with Crippen molar-refractivity contribution in [3.05, 3.63) is 21.9 Å². The fraction of sp³-hybridized carbons (Fsp3) is 0.714. The zero-order chi connectivity index (χ0) is 12.7. The van der Waals surface area contributed by atoms with Crippen LogP contribution in [-0.2, 0) is 13.0 Å². The van der Waals surface area contributed by atoms with Crippen molar-refractivity contribution in [2.75, 3.05) is 13.1 Å². The molecular formula is C14H26N2S. The highest BCUT2D eigenvalue weighted by atomic mass is 32.1. The van der Waals surface area contributed by atoms with Crippen LogP contribution in [0.3, 0.4) is 0 Å². The van der Waals surface area contributed by atoms with Crippen LogP contribution >= 0.6 is 11.3 Å². The van der Waals surface area contributed by atoms with Crippen molar-refractivity contribution in [1.29, 1.82) is 0 Å². The van der Waals surface area contributed by atoms with Crippen LogP contribution in [0, 0.1) is 5.92 Å². The second-order valence-electron chi connectivity index (χ2n) is 5.06. The van der Waals surface area contributed by atoms with Crippen molar-refractivity contribution in [2.24, 2.45) is 5.92 Å². The fourth-order valence-electron chi connectivity index (χ4n) is 1.76. The van der Waals surface area contributed by atoms with E-state index in [1.807, 2.05) is 11.3 Å². The summed E-state index contributed by atoms with van der Waals surface area (Å²) in [6.45, 7) is 12.1. The Morgan fingerprint density at radius 2 is 2.00 bits per heavy atom. The van der Waals surface area contributed by atoms with E-state index in [-0.39, 0.29) is 0 Å². The topological polar surface area (TPSA) is 24.1 Å². The van der Waals surface area contributed by atoms with E-state index in [9.17, 15) is 0 Å². The molecule has 0 spiro atoms. The van der Waals surface area contributed by atoms with Gasteiger partial charge in [-0.05, 0) is 42.8 Å². The molecule has 0 aromatic carbocycles. The van der Waals surface area contributed by atoms with Crippen LogP contribution in [0.4, 0.5) is 0 Å². The van der Waals surface area contributed by atoms with Crippen LogP contribution in [0.5, 0.6) is 0 Å². The molecule has 0 aliphatic carbocycles. The van der Waals surface area contributed by atoms with Crippen LogP contribution in [0.25, 0.3) is 0 Å². The normalized spacial score (nSPS) is 13.2. The Hall–Kier alpha value is -0.380. The van der Waals surface area contributed by atoms with E-state index in [4.69, 9.17) is 0 Å². The Labute approximate surface area is 110 Å². The van der Waals surface area contributed by atoms with Crippen LogP contribution in [0.15, 0.2) is 11.4 Å². The third kappa shape index (κ3) is 5.66. The van der Waals surface area contributed by atoms with Crippen molar-refractivity contribution in [2.45, 2.75) is 46.7 Å². The average Bonchev–Trinajstić information content (AvgIpc) is 2.73. The van der Waals surface area contributed by atoms with Gasteiger partial charge in [-0.15, -0.1) is 11.3 Å². The lowest BCUT2D eigenvalue weighted by atomic mass is 10.2. The Kier molecular flexibility index (Phi) is 6.78. The maximum Gasteiger partial charge on any atom is 0.0305 e. The van der Waals surface area contributed by atoms with Gasteiger partial charge in [0.25, 0.3) is 0 Å². The number of hydrogen-bond donors (Lipinski definition) is 2. The number of rotatable bonds is 8. The Balaban J connectivity index is 2.21. The lowest BCUT2D eigenvalue weighted by Gasteiger charge is -2.15. The van der Waals surface area contributed by atoms with E-state index in [2.05, 4.69) is 49.8 Å². The monoisotopic (exact) mass is 254 g/mol. The minimum Gasteiger partial charge on any atom is -0.315 e. The molecular weight excluding hydrogens is 228 g/mol. The second-order valence-corrected chi connectivity index (χ2v) is 6.06. The first-order valence-electron chi connectivity index (χ1n) is 6.62. The average molecular weight is 254 g/mol. The molecule has 1 rings (SSSR count). The number of aryl methyl sites for hydroxylation is 1. The van der Waals surface area contributed by atoms with Gasteiger partial charge in [0.15, 0.2) is 0 Å². The van der Waals surface area contributed by atoms with Crippen LogP contribution in [0.2, 0.25) is 0 Å². The summed E-state index contributed by atoms with van der Waals surface area (Å²) < 4.78 is 0. The van der Waals surface area contributed by atoms with E-state index in [1.54, 1.807) is 0 Å². The number of thiophene rings is 1. The number of hydrogen-bond acceptors (Lipinski definition) is 3. The van der Waals surface area contributed by atoms with Crippen molar-refractivity contribution in [3.63, 3.8) is 0 Å². The summed E-state index contributed by atoms with van der Waals surface area (Å²) in [5.74, 6) is 0.728. The van der Waals surface area contributed by atoms with Crippen molar-refractivity contribution in [3.8, 4) is 0 Å². The zero-order valence-corrected chi connectivity index (χ0v) is 12.4. The van der Waals surface area contributed by atoms with Gasteiger partial charge in [-0.2, -0.15) is 0 Å². The van der Waals surface area contributed by atoms with Crippen molar-refractivity contribution >= 4 is 11.3 Å². The zero-order valence-electron chi connectivity index (χ0n) is 11.5. The molecule has 3 heteroatoms. The van der Waals surface area contributed by atoms with Gasteiger partial charge in [0, 0.05) is 24.0 Å². The quantitative estimate of drug-likeness (QED) is 0.745. The molecule has 0 bridgehead atoms. The highest BCUT2D eigenvalue weighted by Crippen LogP contribution is 2.16. The predicted octanol–water partition coefficient (Wildman–Crippen LogP) is 3.03. The molecule has 2 N–H and O–H groups in total. The Morgan fingerprint density at radius 1 is 1.24 bits per heavy atom. The van der Waals surface area contributed by atoms with Gasteiger partial charge in [-0.3, -0.25) is 0 Å². The van der Waals surface area contributed by atoms with Crippen LogP contribution in [-0.4, -0.2) is 19.1 Å². The van der Waals surface area contributed by atoms with Gasteiger partial charge >= 0.3 is 0 Å². The summed E-state index contributed by atoms with van der Waals surface area (Å²) in [4.78, 5) is 1.49. The Morgan fingerprint density at radius 3 is 2.65 bits per heavy atom. The van der Waals surface area contributed by atoms with E-state index >= 15 is 0 Å². The second kappa shape index (κ2) is 7.85. The minimum atomic E-state index is 0.528. The molecule has 1 aromatic rings. The van der Waals surface area contributed by atoms with E-state index < -0.39 is 0 Å². The van der Waals surface area contributed by atoms with Gasteiger partial charge in [0.05, 0.1) is 0 Å². The first kappa shape index (κ1) is 14.7. The van der Waals surface area contributed by atoms with E-state index in [0.717, 1.165) is 32.0 Å². The lowest BCUT2D eigenvalue weighted by molar-refractivity contribution is 0.473. The standard InChI is InChI=1S/C14H26N2S/c1-5-13-6-7-17-14(13)10-16-12(4)9-15-8-11(2)3/h6-7,11-12,15-16H,5,8-10H2,1-4H3. The van der Waals surface area contributed by atoms with Gasteiger partial charge in [-0.25, -0.2) is 0 Å². The van der Waals surface area contributed by atoms with Gasteiger partial charge in [0.2, 0.25) is 0 Å². The van der Waals surface area contributed by atoms with Crippen LogP contribution in [0.1, 0.15) is 38.1 Å². The first-order valence-corrected chi connectivity index (χ1v) is 7.50. The smallest absolute Gasteiger partial charge is 0.0305 e. The van der Waals surface area contributed by atoms with Gasteiger partial charge < -0.3 is 10.6 Å². The summed E-state index contributed by atoms with van der Waals surface area (Å²) >= 11 is 1.86. The largest absolute Gasteiger partial charge is 0.315 e. The summed E-state index contributed by atoms with van der Waals surface area (Å²) in [6.07, 6.45) is 1.14. The molecule has 0 saturated carbocycles. The summed E-state index contributed by atoms with van der Waals surface area (Å²) in [5, 5.41) is 9.26. The Bertz CT molecular complexity index is 307. The molecule has 1 aromatic heterocycles. The summed E-state index contributed by atoms with van der Waals surface area (Å²) in [6, 6.07) is 2.77. The summed E-state index contributed by atoms with van der Waals surface area (Å²) in [5.41, 5.74) is 1.49. The molecule has 2 nitrogen and oxygen atoms in total. The van der Waals surface area contributed by atoms with E-state index in [1.165, 1.54) is 10.4 Å². The maximum absolute atomic E-state index is 3.58. The summed E-state index contributed by atoms with van der Waals surface area (Å²) in [7, 11) is 0. The minimum absolute atomic E-state index is 0.528. The van der Waals surface area contributed by atoms with Gasteiger partial charge in [0.1, 0.15) is 0 Å². The molecule has 1 atom stereocenters. The molecule has 0 aliphatic rings. The molecule has 1 heterocycles. The highest BCUT2D eigenvalue weighted by molar-refractivity contribution is 7.10. The highest BCUT2D eigenvalue weighted by Gasteiger charge is 2.05. The van der Waals surface area contributed by atoms with E-state index in [0.29, 0.717) is 6.04 Å². The third-order valence-electron chi connectivity index (χ3n) is 2.83. The maximum atomic E-state index is 3.58. The van der Waals surface area contributed by atoms with Crippen molar-refractivity contribution < 1.29 is 0 Å². The fourth-order valence-corrected chi connectivity index (χ4v) is 2.69. The molecule has 0 aliphatic heterocycles. The SMILES string of the molecule is CCc1ccsc1CNC(C)CNCC(C)C. The molecule has 0 amide bonds. The van der Waals surface area contributed by atoms with Crippen LogP contribution < -0.4 is 10.6 Å². The lowest BCUT2D eigenvalue weighted by Crippen LogP contribution is -2.37. The molecule has 0 saturated heterocycles. The first-order chi connectivity index (χ1) is 8.13. The molecule has 1 unspecified atom stereocenters. The molecule has 0 radical (unpaired) electrons.